The number of ether oxygens (including phenoxy) is 1. The summed E-state index contributed by atoms with van der Waals surface area (Å²) in [5.74, 6) is -3.11. The molecule has 1 amide bonds. The number of likely N-dealkylation sites (tertiary alicyclic amines) is 1. The average Bonchev–Trinajstić information content (AvgIpc) is 3.34. The third-order valence-corrected chi connectivity index (χ3v) is 7.99. The second-order valence-corrected chi connectivity index (χ2v) is 10.7. The van der Waals surface area contributed by atoms with E-state index in [9.17, 15) is 26.7 Å². The van der Waals surface area contributed by atoms with Crippen LogP contribution in [0, 0.1) is 0 Å². The van der Waals surface area contributed by atoms with Crippen LogP contribution in [0.4, 0.5) is 22.0 Å². The Morgan fingerprint density at radius 1 is 1.02 bits per heavy atom. The van der Waals surface area contributed by atoms with Gasteiger partial charge in [0.25, 0.3) is 11.8 Å². The van der Waals surface area contributed by atoms with Gasteiger partial charge in [0.2, 0.25) is 0 Å². The van der Waals surface area contributed by atoms with Crippen LogP contribution in [-0.4, -0.2) is 90.5 Å². The Balaban J connectivity index is 1.36. The molecule has 216 valence electrons. The van der Waals surface area contributed by atoms with E-state index in [1.165, 1.54) is 13.2 Å². The Morgan fingerprint density at radius 3 is 2.48 bits per heavy atom. The normalized spacial score (nSPS) is 20.6. The molecule has 1 aromatic heterocycles. The monoisotopic (exact) mass is 564 g/mol. The summed E-state index contributed by atoms with van der Waals surface area (Å²) in [6.45, 7) is 3.40. The topological polar surface area (TPSA) is 51.8 Å². The number of halogens is 5. The lowest BCUT2D eigenvalue weighted by Crippen LogP contribution is -2.57. The van der Waals surface area contributed by atoms with Gasteiger partial charge < -0.3 is 19.5 Å². The van der Waals surface area contributed by atoms with Crippen molar-refractivity contribution < 1.29 is 31.5 Å². The molecule has 0 spiro atoms. The van der Waals surface area contributed by atoms with Gasteiger partial charge in [0.15, 0.2) is 0 Å². The maximum atomic E-state index is 13.7. The molecule has 1 N–H and O–H groups in total. The van der Waals surface area contributed by atoms with Crippen molar-refractivity contribution >= 4 is 16.8 Å². The summed E-state index contributed by atoms with van der Waals surface area (Å²) in [5.41, 5.74) is 0.972. The number of fused-ring (bicyclic) bond motifs is 1. The number of para-hydroxylation sites is 1. The van der Waals surface area contributed by atoms with Crippen LogP contribution in [0.3, 0.4) is 0 Å². The number of amides is 1. The first-order valence-corrected chi connectivity index (χ1v) is 13.5. The van der Waals surface area contributed by atoms with Crippen molar-refractivity contribution in [1.29, 1.82) is 0 Å². The summed E-state index contributed by atoms with van der Waals surface area (Å²) in [6, 6.07) is 10.6. The number of nitrogens with zero attached hydrogens (tertiary/aromatic N) is 3. The molecule has 1 atom stereocenters. The molecule has 2 saturated heterocycles. The summed E-state index contributed by atoms with van der Waals surface area (Å²) in [5, 5.41) is 1.03. The maximum Gasteiger partial charge on any atom is 0.416 e. The Hall–Kier alpha value is -3.18. The molecule has 0 saturated carbocycles. The zero-order chi connectivity index (χ0) is 28.5. The molecule has 3 aromatic rings. The molecule has 0 unspecified atom stereocenters. The van der Waals surface area contributed by atoms with E-state index in [-0.39, 0.29) is 30.2 Å². The standard InChI is InChI=1S/C29H33F5N4O2/c1-40-24-16-20(14-22(17-24)29(32,33)34)27(39)38-13-12-37(11-10-36-8-6-28(30,31)7-9-36)19-23(38)15-21-18-35-26-5-3-2-4-25(21)26/h2-5,14,16-18,23,35H,6-13,15,19H2,1H3/t23-/m1/s1. The lowest BCUT2D eigenvalue weighted by Gasteiger charge is -2.42. The van der Waals surface area contributed by atoms with Crippen molar-refractivity contribution in [2.75, 3.05) is 52.9 Å². The highest BCUT2D eigenvalue weighted by atomic mass is 19.4. The molecule has 5 rings (SSSR count). The number of alkyl halides is 5. The Kier molecular flexibility index (Phi) is 8.05. The summed E-state index contributed by atoms with van der Waals surface area (Å²) in [6.07, 6.45) is -2.48. The SMILES string of the molecule is COc1cc(C(=O)N2CCN(CCN3CCC(F)(F)CC3)C[C@H]2Cc2c[nH]c3ccccc23)cc(C(F)(F)F)c1. The van der Waals surface area contributed by atoms with Crippen LogP contribution in [0.2, 0.25) is 0 Å². The summed E-state index contributed by atoms with van der Waals surface area (Å²) in [7, 11) is 1.27. The predicted molar refractivity (Wildman–Crippen MR) is 142 cm³/mol. The first-order chi connectivity index (χ1) is 19.0. The molecule has 0 radical (unpaired) electrons. The van der Waals surface area contributed by atoms with Crippen molar-refractivity contribution in [2.24, 2.45) is 0 Å². The van der Waals surface area contributed by atoms with Gasteiger partial charge in [0, 0.05) is 87.4 Å². The van der Waals surface area contributed by atoms with Crippen LogP contribution in [0.25, 0.3) is 10.9 Å². The molecule has 2 aromatic carbocycles. The highest BCUT2D eigenvalue weighted by molar-refractivity contribution is 5.95. The zero-order valence-corrected chi connectivity index (χ0v) is 22.3. The summed E-state index contributed by atoms with van der Waals surface area (Å²) in [4.78, 5) is 22.9. The number of hydrogen-bond acceptors (Lipinski definition) is 4. The molecular formula is C29H33F5N4O2. The molecule has 2 aliphatic heterocycles. The minimum Gasteiger partial charge on any atom is -0.497 e. The third kappa shape index (κ3) is 6.41. The summed E-state index contributed by atoms with van der Waals surface area (Å²) < 4.78 is 72.9. The maximum absolute atomic E-state index is 13.7. The highest BCUT2D eigenvalue weighted by Gasteiger charge is 2.36. The van der Waals surface area contributed by atoms with Crippen LogP contribution in [-0.2, 0) is 12.6 Å². The quantitative estimate of drug-likeness (QED) is 0.396. The molecule has 6 nitrogen and oxygen atoms in total. The number of aromatic nitrogens is 1. The lowest BCUT2D eigenvalue weighted by molar-refractivity contribution is -0.137. The van der Waals surface area contributed by atoms with Crippen LogP contribution in [0.1, 0.15) is 34.3 Å². The van der Waals surface area contributed by atoms with Crippen molar-refractivity contribution in [3.63, 3.8) is 0 Å². The number of benzene rings is 2. The number of methoxy groups -OCH3 is 1. The fourth-order valence-electron chi connectivity index (χ4n) is 5.68. The Labute approximate surface area is 229 Å². The van der Waals surface area contributed by atoms with E-state index in [1.807, 2.05) is 35.4 Å². The number of hydrogen-bond donors (Lipinski definition) is 1. The van der Waals surface area contributed by atoms with Gasteiger partial charge in [0.1, 0.15) is 5.75 Å². The summed E-state index contributed by atoms with van der Waals surface area (Å²) >= 11 is 0. The minimum atomic E-state index is -4.62. The van der Waals surface area contributed by atoms with E-state index in [0.717, 1.165) is 28.6 Å². The average molecular weight is 565 g/mol. The number of rotatable bonds is 7. The van der Waals surface area contributed by atoms with Gasteiger partial charge in [-0.2, -0.15) is 13.2 Å². The third-order valence-electron chi connectivity index (χ3n) is 7.99. The molecule has 2 aliphatic rings. The van der Waals surface area contributed by atoms with E-state index in [4.69, 9.17) is 4.74 Å². The van der Waals surface area contributed by atoms with Gasteiger partial charge in [-0.1, -0.05) is 18.2 Å². The Morgan fingerprint density at radius 2 is 1.75 bits per heavy atom. The second kappa shape index (κ2) is 11.4. The van der Waals surface area contributed by atoms with Crippen LogP contribution in [0.5, 0.6) is 5.75 Å². The van der Waals surface area contributed by atoms with E-state index in [2.05, 4.69) is 9.88 Å². The van der Waals surface area contributed by atoms with Gasteiger partial charge in [-0.15, -0.1) is 0 Å². The van der Waals surface area contributed by atoms with Gasteiger partial charge in [-0.25, -0.2) is 8.78 Å². The van der Waals surface area contributed by atoms with Crippen LogP contribution >= 0.6 is 0 Å². The molecule has 3 heterocycles. The van der Waals surface area contributed by atoms with Crippen molar-refractivity contribution in [2.45, 2.75) is 37.4 Å². The number of aromatic amines is 1. The predicted octanol–water partition coefficient (Wildman–Crippen LogP) is 5.30. The van der Waals surface area contributed by atoms with Gasteiger partial charge >= 0.3 is 6.18 Å². The first kappa shape index (κ1) is 28.4. The fourth-order valence-corrected chi connectivity index (χ4v) is 5.68. The van der Waals surface area contributed by atoms with Gasteiger partial charge in [-0.05, 0) is 36.2 Å². The number of piperidine rings is 1. The van der Waals surface area contributed by atoms with Crippen molar-refractivity contribution in [3.8, 4) is 5.75 Å². The van der Waals surface area contributed by atoms with Crippen molar-refractivity contribution in [3.05, 3.63) is 65.4 Å². The molecule has 40 heavy (non-hydrogen) atoms. The van der Waals surface area contributed by atoms with E-state index in [0.29, 0.717) is 52.2 Å². The number of piperazine rings is 1. The van der Waals surface area contributed by atoms with Gasteiger partial charge in [-0.3, -0.25) is 9.69 Å². The zero-order valence-electron chi connectivity index (χ0n) is 22.3. The number of carbonyl (C=O) groups is 1. The molecule has 11 heteroatoms. The first-order valence-electron chi connectivity index (χ1n) is 13.5. The minimum absolute atomic E-state index is 0.0305. The van der Waals surface area contributed by atoms with Gasteiger partial charge in [0.05, 0.1) is 12.7 Å². The Bertz CT molecular complexity index is 1330. The molecule has 2 fully saturated rings. The smallest absolute Gasteiger partial charge is 0.416 e. The van der Waals surface area contributed by atoms with E-state index in [1.54, 1.807) is 4.90 Å². The second-order valence-electron chi connectivity index (χ2n) is 10.7. The molecular weight excluding hydrogens is 531 g/mol. The van der Waals surface area contributed by atoms with Crippen LogP contribution in [0.15, 0.2) is 48.7 Å². The highest BCUT2D eigenvalue weighted by Crippen LogP contribution is 2.34. The number of nitrogens with one attached hydrogen (secondary N) is 1. The van der Waals surface area contributed by atoms with E-state index < -0.39 is 23.6 Å². The lowest BCUT2D eigenvalue weighted by atomic mass is 9.99. The van der Waals surface area contributed by atoms with E-state index >= 15 is 0 Å². The fraction of sp³-hybridized carbons (Fsp3) is 0.483. The van der Waals surface area contributed by atoms with Crippen molar-refractivity contribution in [1.82, 2.24) is 19.7 Å². The van der Waals surface area contributed by atoms with Crippen LogP contribution < -0.4 is 4.74 Å². The molecule has 0 bridgehead atoms. The number of H-pyrrole nitrogens is 1. The number of carbonyl (C=O) groups excluding carboxylic acids is 1. The largest absolute Gasteiger partial charge is 0.497 e. The molecule has 0 aliphatic carbocycles.